The first-order valence-corrected chi connectivity index (χ1v) is 12.2. The fraction of sp³-hybridized carbons (Fsp3) is 0.440. The summed E-state index contributed by atoms with van der Waals surface area (Å²) < 4.78 is 5.31. The van der Waals surface area contributed by atoms with E-state index in [1.54, 1.807) is 24.1 Å². The molecule has 2 aromatic carbocycles. The number of carbonyl (C=O) groups excluding carboxylic acids is 2. The number of methoxy groups -OCH3 is 1. The van der Waals surface area contributed by atoms with Gasteiger partial charge in [0.1, 0.15) is 11.8 Å². The molecule has 2 rings (SSSR count). The summed E-state index contributed by atoms with van der Waals surface area (Å²) in [5.41, 5.74) is 1.38. The van der Waals surface area contributed by atoms with Crippen molar-refractivity contribution in [3.8, 4) is 5.75 Å². The summed E-state index contributed by atoms with van der Waals surface area (Å²) in [6, 6.07) is 13.1. The molecule has 0 radical (unpaired) electrons. The Bertz CT molecular complexity index is 989. The van der Waals surface area contributed by atoms with Crippen molar-refractivity contribution in [3.63, 3.8) is 0 Å². The predicted octanol–water partition coefficient (Wildman–Crippen LogP) is 4.56. The molecular weight excluding hydrogens is 454 g/mol. The third-order valence-corrected chi connectivity index (χ3v) is 6.00. The number of thioether (sulfide) groups is 1. The molecule has 1 atom stereocenters. The molecule has 8 nitrogen and oxygen atoms in total. The van der Waals surface area contributed by atoms with Crippen LogP contribution in [0.1, 0.15) is 45.2 Å². The number of nitrogens with zero attached hydrogens (tertiary/aromatic N) is 2. The van der Waals surface area contributed by atoms with Gasteiger partial charge in [-0.15, -0.1) is 11.8 Å². The molecule has 0 aromatic heterocycles. The van der Waals surface area contributed by atoms with Crippen LogP contribution in [-0.2, 0) is 21.9 Å². The lowest BCUT2D eigenvalue weighted by Crippen LogP contribution is -2.53. The van der Waals surface area contributed by atoms with Crippen LogP contribution in [0.5, 0.6) is 5.75 Å². The Kier molecular flexibility index (Phi) is 9.92. The van der Waals surface area contributed by atoms with E-state index in [1.165, 1.54) is 23.9 Å². The predicted molar refractivity (Wildman–Crippen MR) is 135 cm³/mol. The fourth-order valence-electron chi connectivity index (χ4n) is 3.39. The number of hydrogen-bond donors (Lipinski definition) is 1. The van der Waals surface area contributed by atoms with E-state index in [-0.39, 0.29) is 29.8 Å². The lowest BCUT2D eigenvalue weighted by Gasteiger charge is -2.33. The molecule has 0 unspecified atom stereocenters. The van der Waals surface area contributed by atoms with Gasteiger partial charge in [0.15, 0.2) is 0 Å². The fourth-order valence-corrected chi connectivity index (χ4v) is 4.26. The highest BCUT2D eigenvalue weighted by Gasteiger charge is 2.30. The van der Waals surface area contributed by atoms with Crippen molar-refractivity contribution < 1.29 is 19.2 Å². The highest BCUT2D eigenvalue weighted by Crippen LogP contribution is 2.21. The minimum absolute atomic E-state index is 0.0324. The molecule has 0 spiro atoms. The van der Waals surface area contributed by atoms with Gasteiger partial charge in [-0.1, -0.05) is 31.2 Å². The molecule has 2 amide bonds. The van der Waals surface area contributed by atoms with E-state index in [9.17, 15) is 19.7 Å². The standard InChI is InChI=1S/C25H33N3O5S/c1-6-22(24(30)26-25(2,3)4)27(15-19-8-7-9-21(14-19)33-5)23(29)17-34-16-18-10-12-20(13-11-18)28(31)32/h7-14,22H,6,15-17H2,1-5H3,(H,26,30)/t22-/m0/s1. The molecule has 184 valence electrons. The molecule has 0 fully saturated rings. The maximum absolute atomic E-state index is 13.3. The normalized spacial score (nSPS) is 12.0. The van der Waals surface area contributed by atoms with E-state index < -0.39 is 16.5 Å². The molecule has 0 heterocycles. The molecule has 0 aliphatic rings. The Morgan fingerprint density at radius 3 is 2.38 bits per heavy atom. The lowest BCUT2D eigenvalue weighted by atomic mass is 10.1. The third-order valence-electron chi connectivity index (χ3n) is 5.01. The van der Waals surface area contributed by atoms with Crippen LogP contribution in [0.25, 0.3) is 0 Å². The number of ether oxygens (including phenoxy) is 1. The molecular formula is C25H33N3O5S. The quantitative estimate of drug-likeness (QED) is 0.368. The van der Waals surface area contributed by atoms with Gasteiger partial charge in [0, 0.05) is 30.0 Å². The van der Waals surface area contributed by atoms with Crippen molar-refractivity contribution in [2.24, 2.45) is 0 Å². The van der Waals surface area contributed by atoms with Crippen LogP contribution < -0.4 is 10.1 Å². The van der Waals surface area contributed by atoms with Gasteiger partial charge in [0.2, 0.25) is 11.8 Å². The first-order valence-electron chi connectivity index (χ1n) is 11.1. The second-order valence-electron chi connectivity index (χ2n) is 8.95. The van der Waals surface area contributed by atoms with Crippen molar-refractivity contribution in [3.05, 3.63) is 69.8 Å². The van der Waals surface area contributed by atoms with Crippen LogP contribution in [0.15, 0.2) is 48.5 Å². The summed E-state index contributed by atoms with van der Waals surface area (Å²) in [4.78, 5) is 38.4. The van der Waals surface area contributed by atoms with E-state index >= 15 is 0 Å². The molecule has 1 N–H and O–H groups in total. The van der Waals surface area contributed by atoms with Crippen LogP contribution in [0.2, 0.25) is 0 Å². The van der Waals surface area contributed by atoms with Gasteiger partial charge in [-0.25, -0.2) is 0 Å². The summed E-state index contributed by atoms with van der Waals surface area (Å²) in [6.45, 7) is 7.90. The maximum Gasteiger partial charge on any atom is 0.269 e. The summed E-state index contributed by atoms with van der Waals surface area (Å²) in [6.07, 6.45) is 0.477. The van der Waals surface area contributed by atoms with Crippen molar-refractivity contribution >= 4 is 29.3 Å². The Morgan fingerprint density at radius 2 is 1.82 bits per heavy atom. The minimum atomic E-state index is -0.613. The molecule has 0 saturated heterocycles. The van der Waals surface area contributed by atoms with Gasteiger partial charge in [0.25, 0.3) is 5.69 Å². The smallest absolute Gasteiger partial charge is 0.269 e. The largest absolute Gasteiger partial charge is 0.497 e. The lowest BCUT2D eigenvalue weighted by molar-refractivity contribution is -0.384. The SMILES string of the molecule is CC[C@@H](C(=O)NC(C)(C)C)N(Cc1cccc(OC)c1)C(=O)CSCc1ccc([N+](=O)[O-])cc1. The van der Waals surface area contributed by atoms with Crippen molar-refractivity contribution in [1.29, 1.82) is 0 Å². The Morgan fingerprint density at radius 1 is 1.15 bits per heavy atom. The molecule has 9 heteroatoms. The molecule has 34 heavy (non-hydrogen) atoms. The Hall–Kier alpha value is -3.07. The van der Waals surface area contributed by atoms with Gasteiger partial charge >= 0.3 is 0 Å². The number of benzene rings is 2. The summed E-state index contributed by atoms with van der Waals surface area (Å²) in [7, 11) is 1.59. The molecule has 0 aliphatic heterocycles. The van der Waals surface area contributed by atoms with Crippen LogP contribution >= 0.6 is 11.8 Å². The first kappa shape index (κ1) is 27.2. The van der Waals surface area contributed by atoms with Crippen LogP contribution in [0.3, 0.4) is 0 Å². The van der Waals surface area contributed by atoms with E-state index in [1.807, 2.05) is 52.0 Å². The van der Waals surface area contributed by atoms with E-state index in [0.717, 1.165) is 11.1 Å². The monoisotopic (exact) mass is 487 g/mol. The number of carbonyl (C=O) groups is 2. The second kappa shape index (κ2) is 12.4. The summed E-state index contributed by atoms with van der Waals surface area (Å²) >= 11 is 1.41. The van der Waals surface area contributed by atoms with Crippen LogP contribution in [-0.4, -0.2) is 46.1 Å². The molecule has 2 aromatic rings. The van der Waals surface area contributed by atoms with E-state index in [0.29, 0.717) is 17.9 Å². The zero-order valence-corrected chi connectivity index (χ0v) is 21.2. The summed E-state index contributed by atoms with van der Waals surface area (Å²) in [5, 5.41) is 13.8. The number of nitro groups is 1. The number of nitro benzene ring substituents is 1. The number of non-ortho nitro benzene ring substituents is 1. The van der Waals surface area contributed by atoms with Crippen molar-refractivity contribution in [1.82, 2.24) is 10.2 Å². The number of amides is 2. The average Bonchev–Trinajstić information content (AvgIpc) is 2.78. The summed E-state index contributed by atoms with van der Waals surface area (Å²) in [5.74, 6) is 1.06. The zero-order valence-electron chi connectivity index (χ0n) is 20.4. The van der Waals surface area contributed by atoms with Gasteiger partial charge in [0.05, 0.1) is 17.8 Å². The van der Waals surface area contributed by atoms with Gasteiger partial charge in [-0.2, -0.15) is 0 Å². The van der Waals surface area contributed by atoms with Gasteiger partial charge in [-0.05, 0) is 50.5 Å². The van der Waals surface area contributed by atoms with E-state index in [2.05, 4.69) is 5.32 Å². The Labute approximate surface area is 205 Å². The highest BCUT2D eigenvalue weighted by atomic mass is 32.2. The molecule has 0 bridgehead atoms. The van der Waals surface area contributed by atoms with Crippen molar-refractivity contribution in [2.45, 2.75) is 58.0 Å². The molecule has 0 saturated carbocycles. The third kappa shape index (κ3) is 8.37. The van der Waals surface area contributed by atoms with Crippen LogP contribution in [0, 0.1) is 10.1 Å². The maximum atomic E-state index is 13.3. The highest BCUT2D eigenvalue weighted by molar-refractivity contribution is 7.99. The van der Waals surface area contributed by atoms with Gasteiger partial charge in [-0.3, -0.25) is 19.7 Å². The second-order valence-corrected chi connectivity index (χ2v) is 9.94. The minimum Gasteiger partial charge on any atom is -0.497 e. The van der Waals surface area contributed by atoms with E-state index in [4.69, 9.17) is 4.74 Å². The Balaban J connectivity index is 2.16. The topological polar surface area (TPSA) is 102 Å². The average molecular weight is 488 g/mol. The number of nitrogens with one attached hydrogen (secondary N) is 1. The van der Waals surface area contributed by atoms with Crippen molar-refractivity contribution in [2.75, 3.05) is 12.9 Å². The number of rotatable bonds is 11. The first-order chi connectivity index (χ1) is 16.0. The zero-order chi connectivity index (χ0) is 25.3. The van der Waals surface area contributed by atoms with Crippen LogP contribution in [0.4, 0.5) is 5.69 Å². The molecule has 0 aliphatic carbocycles. The van der Waals surface area contributed by atoms with Gasteiger partial charge < -0.3 is 15.0 Å². The number of hydrogen-bond acceptors (Lipinski definition) is 6.